The van der Waals surface area contributed by atoms with Crippen molar-refractivity contribution in [3.63, 3.8) is 0 Å². The van der Waals surface area contributed by atoms with Gasteiger partial charge in [-0.3, -0.25) is 9.59 Å². The Morgan fingerprint density at radius 2 is 1.75 bits per heavy atom. The average molecular weight is 239 g/mol. The van der Waals surface area contributed by atoms with Crippen molar-refractivity contribution in [3.8, 4) is 0 Å². The average Bonchev–Trinajstić information content (AvgIpc) is 1.85. The molecule has 0 aliphatic rings. The zero-order chi connectivity index (χ0) is 9.72. The first-order valence-corrected chi connectivity index (χ1v) is 4.52. The van der Waals surface area contributed by atoms with E-state index in [4.69, 9.17) is 10.2 Å². The molecule has 0 saturated carbocycles. The van der Waals surface area contributed by atoms with E-state index in [1.807, 2.05) is 6.92 Å². The Morgan fingerprint density at radius 1 is 1.33 bits per heavy atom. The van der Waals surface area contributed by atoms with Gasteiger partial charge in [-0.05, 0) is 6.42 Å². The van der Waals surface area contributed by atoms with Crippen LogP contribution in [0.3, 0.4) is 0 Å². The van der Waals surface area contributed by atoms with Gasteiger partial charge in [-0.2, -0.15) is 0 Å². The van der Waals surface area contributed by atoms with Crippen LogP contribution in [0.4, 0.5) is 0 Å². The number of carboxylic acid groups (broad SMARTS) is 2. The van der Waals surface area contributed by atoms with Crippen LogP contribution in [0.2, 0.25) is 0 Å². The topological polar surface area (TPSA) is 74.6 Å². The van der Waals surface area contributed by atoms with E-state index < -0.39 is 22.7 Å². The minimum atomic E-state index is -1.34. The molecular formula is C7H11BrO4. The Bertz CT molecular complexity index is 166. The zero-order valence-corrected chi connectivity index (χ0v) is 8.24. The van der Waals surface area contributed by atoms with Gasteiger partial charge < -0.3 is 10.2 Å². The maximum atomic E-state index is 10.4. The molecule has 0 aromatic carbocycles. The molecule has 2 N–H and O–H groups in total. The smallest absolute Gasteiger partial charge is 0.319 e. The summed E-state index contributed by atoms with van der Waals surface area (Å²) < 4.78 is 0. The normalized spacial score (nSPS) is 12.9. The molecule has 70 valence electrons. The van der Waals surface area contributed by atoms with E-state index in [0.717, 1.165) is 6.42 Å². The fourth-order valence-corrected chi connectivity index (χ4v) is 1.77. The molecule has 0 radical (unpaired) electrons. The van der Waals surface area contributed by atoms with Gasteiger partial charge in [0.1, 0.15) is 0 Å². The van der Waals surface area contributed by atoms with E-state index in [1.54, 1.807) is 0 Å². The molecule has 1 atom stereocenters. The van der Waals surface area contributed by atoms with Gasteiger partial charge in [0.05, 0.1) is 0 Å². The predicted octanol–water partition coefficient (Wildman–Crippen LogP) is 1.34. The summed E-state index contributed by atoms with van der Waals surface area (Å²) in [6.07, 6.45) is 1.30. The molecular weight excluding hydrogens is 228 g/mol. The highest BCUT2D eigenvalue weighted by Crippen LogP contribution is 2.19. The van der Waals surface area contributed by atoms with Crippen LogP contribution in [0.1, 0.15) is 19.8 Å². The molecule has 0 aromatic rings. The Labute approximate surface area is 78.7 Å². The Morgan fingerprint density at radius 3 is 2.00 bits per heavy atom. The molecule has 0 aromatic heterocycles. The molecule has 0 amide bonds. The van der Waals surface area contributed by atoms with Gasteiger partial charge in [0.25, 0.3) is 0 Å². The summed E-state index contributed by atoms with van der Waals surface area (Å²) in [5.41, 5.74) is 0. The molecule has 12 heavy (non-hydrogen) atoms. The van der Waals surface area contributed by atoms with Crippen LogP contribution in [0.15, 0.2) is 0 Å². The fourth-order valence-electron chi connectivity index (χ4n) is 0.857. The van der Waals surface area contributed by atoms with E-state index >= 15 is 0 Å². The molecule has 0 rings (SSSR count). The molecule has 0 spiro atoms. The lowest BCUT2D eigenvalue weighted by atomic mass is 10.0. The van der Waals surface area contributed by atoms with E-state index in [0.29, 0.717) is 6.42 Å². The van der Waals surface area contributed by atoms with E-state index in [2.05, 4.69) is 15.9 Å². The number of hydrogen-bond acceptors (Lipinski definition) is 2. The molecule has 4 nitrogen and oxygen atoms in total. The van der Waals surface area contributed by atoms with Crippen molar-refractivity contribution in [2.45, 2.75) is 24.6 Å². The minimum absolute atomic E-state index is 0.488. The third-order valence-corrected chi connectivity index (χ3v) is 2.44. The number of halogens is 1. The first kappa shape index (κ1) is 11.4. The SMILES string of the molecule is CCCC(Br)C(C(=O)O)C(=O)O. The van der Waals surface area contributed by atoms with Crippen LogP contribution in [0, 0.1) is 5.92 Å². The van der Waals surface area contributed by atoms with E-state index in [1.165, 1.54) is 0 Å². The van der Waals surface area contributed by atoms with Crippen LogP contribution in [0.5, 0.6) is 0 Å². The highest BCUT2D eigenvalue weighted by atomic mass is 79.9. The number of aliphatic carboxylic acids is 2. The monoisotopic (exact) mass is 238 g/mol. The van der Waals surface area contributed by atoms with Crippen LogP contribution < -0.4 is 0 Å². The molecule has 0 aliphatic heterocycles. The van der Waals surface area contributed by atoms with Gasteiger partial charge in [0, 0.05) is 4.83 Å². The van der Waals surface area contributed by atoms with Crippen molar-refractivity contribution >= 4 is 27.9 Å². The third kappa shape index (κ3) is 3.21. The first-order chi connectivity index (χ1) is 5.50. The lowest BCUT2D eigenvalue weighted by molar-refractivity contribution is -0.154. The highest BCUT2D eigenvalue weighted by Gasteiger charge is 2.32. The summed E-state index contributed by atoms with van der Waals surface area (Å²) in [5, 5.41) is 17.1. The zero-order valence-electron chi connectivity index (χ0n) is 6.66. The first-order valence-electron chi connectivity index (χ1n) is 3.60. The molecule has 0 bridgehead atoms. The number of alkyl halides is 1. The molecule has 1 unspecified atom stereocenters. The van der Waals surface area contributed by atoms with E-state index in [-0.39, 0.29) is 0 Å². The van der Waals surface area contributed by atoms with Gasteiger partial charge in [0.2, 0.25) is 0 Å². The molecule has 0 aliphatic carbocycles. The summed E-state index contributed by atoms with van der Waals surface area (Å²) in [7, 11) is 0. The summed E-state index contributed by atoms with van der Waals surface area (Å²) in [6.45, 7) is 1.87. The van der Waals surface area contributed by atoms with Crippen LogP contribution >= 0.6 is 15.9 Å². The Kier molecular flexibility index (Phi) is 4.89. The van der Waals surface area contributed by atoms with Gasteiger partial charge in [-0.1, -0.05) is 29.3 Å². The standard InChI is InChI=1S/C7H11BrO4/c1-2-3-4(8)5(6(9)10)7(11)12/h4-5H,2-3H2,1H3,(H,9,10)(H,11,12). The number of carbonyl (C=O) groups is 2. The van der Waals surface area contributed by atoms with Crippen molar-refractivity contribution < 1.29 is 19.8 Å². The summed E-state index contributed by atoms with van der Waals surface area (Å²) in [4.78, 5) is 20.4. The van der Waals surface area contributed by atoms with Gasteiger partial charge in [-0.25, -0.2) is 0 Å². The van der Waals surface area contributed by atoms with Crippen LogP contribution in [-0.2, 0) is 9.59 Å². The van der Waals surface area contributed by atoms with E-state index in [9.17, 15) is 9.59 Å². The molecule has 0 heterocycles. The van der Waals surface area contributed by atoms with Crippen molar-refractivity contribution in [2.24, 2.45) is 5.92 Å². The van der Waals surface area contributed by atoms with Crippen LogP contribution in [0.25, 0.3) is 0 Å². The van der Waals surface area contributed by atoms with Gasteiger partial charge in [0.15, 0.2) is 5.92 Å². The highest BCUT2D eigenvalue weighted by molar-refractivity contribution is 9.09. The summed E-state index contributed by atoms with van der Waals surface area (Å²) >= 11 is 3.04. The Hall–Kier alpha value is -0.580. The predicted molar refractivity (Wildman–Crippen MR) is 46.4 cm³/mol. The molecule has 0 saturated heterocycles. The summed E-state index contributed by atoms with van der Waals surface area (Å²) in [5.74, 6) is -3.93. The van der Waals surface area contributed by atoms with Gasteiger partial charge in [-0.15, -0.1) is 0 Å². The van der Waals surface area contributed by atoms with Crippen LogP contribution in [-0.4, -0.2) is 27.0 Å². The third-order valence-electron chi connectivity index (χ3n) is 1.46. The van der Waals surface area contributed by atoms with Crippen molar-refractivity contribution in [2.75, 3.05) is 0 Å². The largest absolute Gasteiger partial charge is 0.481 e. The summed E-state index contributed by atoms with van der Waals surface area (Å²) in [6, 6.07) is 0. The second-order valence-electron chi connectivity index (χ2n) is 2.46. The number of carboxylic acids is 2. The second-order valence-corrected chi connectivity index (χ2v) is 3.63. The molecule has 0 fully saturated rings. The maximum absolute atomic E-state index is 10.4. The number of hydrogen-bond donors (Lipinski definition) is 2. The molecule has 5 heteroatoms. The van der Waals surface area contributed by atoms with Crippen molar-refractivity contribution in [1.82, 2.24) is 0 Å². The Balaban J connectivity index is 4.29. The fraction of sp³-hybridized carbons (Fsp3) is 0.714. The lowest BCUT2D eigenvalue weighted by Gasteiger charge is -2.12. The van der Waals surface area contributed by atoms with Crippen molar-refractivity contribution in [1.29, 1.82) is 0 Å². The second kappa shape index (κ2) is 5.13. The lowest BCUT2D eigenvalue weighted by Crippen LogP contribution is -2.31. The van der Waals surface area contributed by atoms with Crippen molar-refractivity contribution in [3.05, 3.63) is 0 Å². The minimum Gasteiger partial charge on any atom is -0.481 e. The quantitative estimate of drug-likeness (QED) is 0.560. The number of rotatable bonds is 5. The van der Waals surface area contributed by atoms with Gasteiger partial charge >= 0.3 is 11.9 Å². The maximum Gasteiger partial charge on any atom is 0.319 e.